The van der Waals surface area contributed by atoms with Crippen molar-refractivity contribution < 1.29 is 0 Å². The van der Waals surface area contributed by atoms with Crippen LogP contribution in [0, 0.1) is 13.8 Å². The lowest BCUT2D eigenvalue weighted by molar-refractivity contribution is 0.688. The fourth-order valence-corrected chi connectivity index (χ4v) is 3.78. The lowest BCUT2D eigenvalue weighted by Crippen LogP contribution is -2.03. The Labute approximate surface area is 132 Å². The minimum atomic E-state index is 0.804. The number of rotatable bonds is 5. The van der Waals surface area contributed by atoms with Crippen LogP contribution in [0.3, 0.4) is 0 Å². The van der Waals surface area contributed by atoms with Crippen molar-refractivity contribution in [2.24, 2.45) is 0 Å². The third kappa shape index (κ3) is 3.51. The summed E-state index contributed by atoms with van der Waals surface area (Å²) in [5.41, 5.74) is 2.34. The van der Waals surface area contributed by atoms with E-state index in [0.717, 1.165) is 34.0 Å². The predicted octanol–water partition coefficient (Wildman–Crippen LogP) is 3.69. The second kappa shape index (κ2) is 6.41. The molecule has 6 heteroatoms. The molecule has 0 N–H and O–H groups in total. The van der Waals surface area contributed by atoms with Gasteiger partial charge in [0.15, 0.2) is 5.16 Å². The van der Waals surface area contributed by atoms with Gasteiger partial charge in [0.25, 0.3) is 0 Å². The lowest BCUT2D eigenvalue weighted by Gasteiger charge is -2.07. The van der Waals surface area contributed by atoms with Gasteiger partial charge in [0.2, 0.25) is 0 Å². The fraction of sp³-hybridized carbons (Fsp3) is 0.267. The van der Waals surface area contributed by atoms with E-state index in [1.807, 2.05) is 19.9 Å². The molecule has 0 saturated heterocycles. The minimum absolute atomic E-state index is 0.804. The summed E-state index contributed by atoms with van der Waals surface area (Å²) in [5.74, 6) is 1.78. The minimum Gasteiger partial charge on any atom is -0.302 e. The zero-order valence-electron chi connectivity index (χ0n) is 12.0. The van der Waals surface area contributed by atoms with Crippen molar-refractivity contribution in [3.8, 4) is 0 Å². The highest BCUT2D eigenvalue weighted by Crippen LogP contribution is 2.24. The number of nitrogens with zero attached hydrogens (tertiary/aromatic N) is 4. The monoisotopic (exact) mass is 316 g/mol. The Bertz CT molecular complexity index is 718. The maximum atomic E-state index is 4.49. The highest BCUT2D eigenvalue weighted by atomic mass is 32.2. The molecule has 4 nitrogen and oxygen atoms in total. The topological polar surface area (TPSA) is 43.6 Å². The van der Waals surface area contributed by atoms with Crippen LogP contribution in [0.4, 0.5) is 0 Å². The molecule has 0 bridgehead atoms. The third-order valence-corrected chi connectivity index (χ3v) is 5.20. The Balaban J connectivity index is 1.74. The van der Waals surface area contributed by atoms with E-state index in [9.17, 15) is 0 Å². The molecule has 2 heterocycles. The smallest absolute Gasteiger partial charge is 0.191 e. The van der Waals surface area contributed by atoms with E-state index < -0.39 is 0 Å². The number of thioether (sulfide) groups is 1. The van der Waals surface area contributed by atoms with Gasteiger partial charge in [-0.25, -0.2) is 4.98 Å². The molecular formula is C15H16N4S2. The van der Waals surface area contributed by atoms with Crippen molar-refractivity contribution in [2.45, 2.75) is 31.3 Å². The molecule has 0 fully saturated rings. The Kier molecular flexibility index (Phi) is 4.36. The van der Waals surface area contributed by atoms with Crippen LogP contribution in [-0.4, -0.2) is 19.7 Å². The number of hydrogen-bond acceptors (Lipinski definition) is 5. The predicted molar refractivity (Wildman–Crippen MR) is 86.7 cm³/mol. The molecule has 21 heavy (non-hydrogen) atoms. The molecule has 0 saturated carbocycles. The van der Waals surface area contributed by atoms with Gasteiger partial charge in [-0.05, 0) is 19.4 Å². The quantitative estimate of drug-likeness (QED) is 0.673. The molecule has 3 rings (SSSR count). The van der Waals surface area contributed by atoms with Crippen molar-refractivity contribution in [1.82, 2.24) is 19.7 Å². The summed E-state index contributed by atoms with van der Waals surface area (Å²) >= 11 is 3.39. The van der Waals surface area contributed by atoms with Gasteiger partial charge in [-0.3, -0.25) is 0 Å². The maximum absolute atomic E-state index is 4.49. The van der Waals surface area contributed by atoms with E-state index in [-0.39, 0.29) is 0 Å². The van der Waals surface area contributed by atoms with Gasteiger partial charge in [0, 0.05) is 11.1 Å². The average Bonchev–Trinajstić information content (AvgIpc) is 3.06. The van der Waals surface area contributed by atoms with Crippen molar-refractivity contribution in [3.05, 3.63) is 57.8 Å². The molecule has 1 aromatic carbocycles. The van der Waals surface area contributed by atoms with Crippen molar-refractivity contribution in [3.63, 3.8) is 0 Å². The van der Waals surface area contributed by atoms with E-state index >= 15 is 0 Å². The van der Waals surface area contributed by atoms with Gasteiger partial charge in [-0.15, -0.1) is 21.5 Å². The summed E-state index contributed by atoms with van der Waals surface area (Å²) in [4.78, 5) is 4.49. The molecule has 0 radical (unpaired) electrons. The van der Waals surface area contributed by atoms with Crippen LogP contribution in [0.2, 0.25) is 0 Å². The van der Waals surface area contributed by atoms with Gasteiger partial charge in [-0.2, -0.15) is 0 Å². The molecule has 2 aromatic heterocycles. The first-order chi connectivity index (χ1) is 10.2. The van der Waals surface area contributed by atoms with Crippen LogP contribution in [0.1, 0.15) is 22.1 Å². The van der Waals surface area contributed by atoms with Crippen LogP contribution < -0.4 is 0 Å². The zero-order valence-corrected chi connectivity index (χ0v) is 13.6. The highest BCUT2D eigenvalue weighted by Gasteiger charge is 2.11. The van der Waals surface area contributed by atoms with E-state index in [2.05, 4.69) is 49.4 Å². The number of aromatic nitrogens is 4. The van der Waals surface area contributed by atoms with E-state index in [4.69, 9.17) is 0 Å². The standard InChI is InChI=1S/C15H16N4S2/c1-11-9-20-14(16-11)10-21-15-18-17-12(2)19(15)8-13-6-4-3-5-7-13/h3-7,9H,8,10H2,1-2H3. The molecular weight excluding hydrogens is 300 g/mol. The summed E-state index contributed by atoms with van der Waals surface area (Å²) in [6.45, 7) is 4.82. The Hall–Kier alpha value is -1.66. The van der Waals surface area contributed by atoms with Gasteiger partial charge in [0.1, 0.15) is 10.8 Å². The van der Waals surface area contributed by atoms with Crippen LogP contribution in [0.5, 0.6) is 0 Å². The third-order valence-electron chi connectivity index (χ3n) is 3.08. The van der Waals surface area contributed by atoms with E-state index in [1.165, 1.54) is 5.56 Å². The molecule has 0 atom stereocenters. The van der Waals surface area contributed by atoms with Crippen molar-refractivity contribution in [1.29, 1.82) is 0 Å². The molecule has 0 aliphatic carbocycles. The number of thiazole rings is 1. The highest BCUT2D eigenvalue weighted by molar-refractivity contribution is 7.98. The Morgan fingerprint density at radius 2 is 1.95 bits per heavy atom. The summed E-state index contributed by atoms with van der Waals surface area (Å²) in [7, 11) is 0. The summed E-state index contributed by atoms with van der Waals surface area (Å²) < 4.78 is 2.15. The number of aryl methyl sites for hydroxylation is 2. The first kappa shape index (κ1) is 14.3. The average molecular weight is 316 g/mol. The van der Waals surface area contributed by atoms with Gasteiger partial charge in [0.05, 0.1) is 12.3 Å². The number of benzene rings is 1. The summed E-state index contributed by atoms with van der Waals surface area (Å²) in [5, 5.41) is 12.6. The summed E-state index contributed by atoms with van der Waals surface area (Å²) in [6, 6.07) is 10.4. The second-order valence-electron chi connectivity index (χ2n) is 4.77. The molecule has 0 aliphatic rings. The van der Waals surface area contributed by atoms with Crippen LogP contribution in [0.15, 0.2) is 40.9 Å². The van der Waals surface area contributed by atoms with Crippen LogP contribution in [-0.2, 0) is 12.3 Å². The molecule has 108 valence electrons. The molecule has 3 aromatic rings. The largest absolute Gasteiger partial charge is 0.302 e. The SMILES string of the molecule is Cc1csc(CSc2nnc(C)n2Cc2ccccc2)n1. The molecule has 0 spiro atoms. The molecule has 0 unspecified atom stereocenters. The normalized spacial score (nSPS) is 11.0. The Morgan fingerprint density at radius 3 is 2.67 bits per heavy atom. The Morgan fingerprint density at radius 1 is 1.14 bits per heavy atom. The first-order valence-corrected chi connectivity index (χ1v) is 8.56. The maximum Gasteiger partial charge on any atom is 0.191 e. The van der Waals surface area contributed by atoms with Crippen molar-refractivity contribution in [2.75, 3.05) is 0 Å². The zero-order chi connectivity index (χ0) is 14.7. The molecule has 0 aliphatic heterocycles. The first-order valence-electron chi connectivity index (χ1n) is 6.70. The van der Waals surface area contributed by atoms with E-state index in [0.29, 0.717) is 0 Å². The summed E-state index contributed by atoms with van der Waals surface area (Å²) in [6.07, 6.45) is 0. The van der Waals surface area contributed by atoms with Crippen LogP contribution in [0.25, 0.3) is 0 Å². The van der Waals surface area contributed by atoms with Gasteiger partial charge >= 0.3 is 0 Å². The van der Waals surface area contributed by atoms with E-state index in [1.54, 1.807) is 23.1 Å². The molecule has 0 amide bonds. The van der Waals surface area contributed by atoms with Crippen molar-refractivity contribution >= 4 is 23.1 Å². The van der Waals surface area contributed by atoms with Gasteiger partial charge in [-0.1, -0.05) is 42.1 Å². The lowest BCUT2D eigenvalue weighted by atomic mass is 10.2. The second-order valence-corrected chi connectivity index (χ2v) is 6.66. The fourth-order valence-electron chi connectivity index (χ4n) is 2.01. The number of hydrogen-bond donors (Lipinski definition) is 0. The van der Waals surface area contributed by atoms with Crippen LogP contribution >= 0.6 is 23.1 Å². The van der Waals surface area contributed by atoms with Gasteiger partial charge < -0.3 is 4.57 Å².